The van der Waals surface area contributed by atoms with Crippen LogP contribution in [0.15, 0.2) is 54.6 Å². The predicted octanol–water partition coefficient (Wildman–Crippen LogP) is 5.02. The second kappa shape index (κ2) is 7.15. The number of hydrogen-bond donors (Lipinski definition) is 0. The van der Waals surface area contributed by atoms with Crippen LogP contribution in [-0.4, -0.2) is 12.8 Å². The molecule has 0 aliphatic carbocycles. The maximum absolute atomic E-state index is 11.6. The fourth-order valence-electron chi connectivity index (χ4n) is 2.16. The van der Waals surface area contributed by atoms with Crippen molar-refractivity contribution in [3.05, 3.63) is 60.2 Å². The van der Waals surface area contributed by atoms with Crippen molar-refractivity contribution in [2.45, 2.75) is 13.5 Å². The molecule has 0 atom stereocenters. The van der Waals surface area contributed by atoms with Crippen molar-refractivity contribution < 1.29 is 19.0 Å². The van der Waals surface area contributed by atoms with E-state index in [9.17, 15) is 4.79 Å². The van der Waals surface area contributed by atoms with Crippen molar-refractivity contribution in [1.82, 2.24) is 0 Å². The largest absolute Gasteiger partial charge is 0.514 e. The van der Waals surface area contributed by atoms with Gasteiger partial charge in [-0.3, -0.25) is 0 Å². The first-order chi connectivity index (χ1) is 11.3. The van der Waals surface area contributed by atoms with E-state index in [4.69, 9.17) is 14.2 Å². The van der Waals surface area contributed by atoms with Crippen LogP contribution in [0.5, 0.6) is 10.8 Å². The third-order valence-electron chi connectivity index (χ3n) is 3.18. The minimum atomic E-state index is -0.719. The van der Waals surface area contributed by atoms with Gasteiger partial charge in [0.1, 0.15) is 6.61 Å². The van der Waals surface area contributed by atoms with Crippen LogP contribution in [0.25, 0.3) is 10.1 Å². The van der Waals surface area contributed by atoms with Gasteiger partial charge in [0.05, 0.1) is 6.61 Å². The van der Waals surface area contributed by atoms with Gasteiger partial charge in [0.25, 0.3) is 0 Å². The predicted molar refractivity (Wildman–Crippen MR) is 90.2 cm³/mol. The van der Waals surface area contributed by atoms with E-state index in [1.807, 2.05) is 54.6 Å². The maximum Gasteiger partial charge on any atom is 0.514 e. The van der Waals surface area contributed by atoms with Gasteiger partial charge < -0.3 is 14.2 Å². The van der Waals surface area contributed by atoms with Gasteiger partial charge in [-0.15, -0.1) is 0 Å². The van der Waals surface area contributed by atoms with Crippen LogP contribution in [0.3, 0.4) is 0 Å². The lowest BCUT2D eigenvalue weighted by Gasteiger charge is -2.08. The van der Waals surface area contributed by atoms with Gasteiger partial charge in [0.15, 0.2) is 5.75 Å². The molecule has 2 aromatic carbocycles. The highest BCUT2D eigenvalue weighted by Gasteiger charge is 2.18. The standard InChI is InChI=1S/C18H16O4S/c1-2-20-18(19)22-17-16(14-10-6-7-11-15(14)23-17)21-12-13-8-4-3-5-9-13/h3-11H,2,12H2,1H3. The van der Waals surface area contributed by atoms with E-state index in [1.165, 1.54) is 11.3 Å². The molecule has 0 amide bonds. The zero-order chi connectivity index (χ0) is 16.1. The highest BCUT2D eigenvalue weighted by Crippen LogP contribution is 2.44. The Morgan fingerprint density at radius 3 is 2.57 bits per heavy atom. The van der Waals surface area contributed by atoms with Gasteiger partial charge in [0.2, 0.25) is 5.06 Å². The van der Waals surface area contributed by atoms with Crippen molar-refractivity contribution in [3.63, 3.8) is 0 Å². The number of benzene rings is 2. The third-order valence-corrected chi connectivity index (χ3v) is 4.21. The second-order valence-corrected chi connectivity index (χ2v) is 5.79. The monoisotopic (exact) mass is 328 g/mol. The summed E-state index contributed by atoms with van der Waals surface area (Å²) >= 11 is 1.37. The van der Waals surface area contributed by atoms with Gasteiger partial charge in [-0.2, -0.15) is 0 Å². The van der Waals surface area contributed by atoms with Crippen molar-refractivity contribution in [2.24, 2.45) is 0 Å². The molecule has 1 heterocycles. The molecule has 4 nitrogen and oxygen atoms in total. The number of fused-ring (bicyclic) bond motifs is 1. The molecule has 0 aliphatic heterocycles. The lowest BCUT2D eigenvalue weighted by atomic mass is 10.2. The Morgan fingerprint density at radius 2 is 1.78 bits per heavy atom. The molecule has 0 unspecified atom stereocenters. The Labute approximate surface area is 138 Å². The van der Waals surface area contributed by atoms with Crippen LogP contribution in [0, 0.1) is 0 Å². The van der Waals surface area contributed by atoms with Crippen LogP contribution in [-0.2, 0) is 11.3 Å². The highest BCUT2D eigenvalue weighted by molar-refractivity contribution is 7.21. The van der Waals surface area contributed by atoms with E-state index in [0.717, 1.165) is 15.6 Å². The van der Waals surface area contributed by atoms with E-state index < -0.39 is 6.16 Å². The second-order valence-electron chi connectivity index (χ2n) is 4.77. The Balaban J connectivity index is 1.88. The summed E-state index contributed by atoms with van der Waals surface area (Å²) < 4.78 is 17.1. The molecule has 5 heteroatoms. The topological polar surface area (TPSA) is 44.8 Å². The quantitative estimate of drug-likeness (QED) is 0.617. The first-order valence-corrected chi connectivity index (χ1v) is 8.12. The molecule has 0 fully saturated rings. The summed E-state index contributed by atoms with van der Waals surface area (Å²) in [5, 5.41) is 1.34. The fourth-order valence-corrected chi connectivity index (χ4v) is 3.14. The minimum absolute atomic E-state index is 0.268. The molecular formula is C18H16O4S. The highest BCUT2D eigenvalue weighted by atomic mass is 32.1. The molecule has 0 bridgehead atoms. The van der Waals surface area contributed by atoms with Crippen LogP contribution in [0.2, 0.25) is 0 Å². The van der Waals surface area contributed by atoms with Gasteiger partial charge in [0, 0.05) is 10.1 Å². The first-order valence-electron chi connectivity index (χ1n) is 7.30. The van der Waals surface area contributed by atoms with E-state index in [0.29, 0.717) is 17.4 Å². The normalized spacial score (nSPS) is 10.5. The molecule has 0 N–H and O–H groups in total. The van der Waals surface area contributed by atoms with Crippen LogP contribution in [0.4, 0.5) is 4.79 Å². The maximum atomic E-state index is 11.6. The van der Waals surface area contributed by atoms with Crippen molar-refractivity contribution in [3.8, 4) is 10.8 Å². The summed E-state index contributed by atoms with van der Waals surface area (Å²) in [5.41, 5.74) is 1.05. The van der Waals surface area contributed by atoms with E-state index >= 15 is 0 Å². The molecule has 0 saturated heterocycles. The van der Waals surface area contributed by atoms with E-state index in [-0.39, 0.29) is 6.61 Å². The van der Waals surface area contributed by atoms with Gasteiger partial charge in [-0.05, 0) is 24.6 Å². The Hall–Kier alpha value is -2.53. The fraction of sp³-hybridized carbons (Fsp3) is 0.167. The smallest absolute Gasteiger partial charge is 0.483 e. The molecule has 3 aromatic rings. The van der Waals surface area contributed by atoms with Crippen LogP contribution in [0.1, 0.15) is 12.5 Å². The first kappa shape index (κ1) is 15.4. The summed E-state index contributed by atoms with van der Waals surface area (Å²) in [6, 6.07) is 17.6. The Kier molecular flexibility index (Phi) is 4.78. The van der Waals surface area contributed by atoms with Gasteiger partial charge >= 0.3 is 6.16 Å². The van der Waals surface area contributed by atoms with Gasteiger partial charge in [-0.25, -0.2) is 4.79 Å². The lowest BCUT2D eigenvalue weighted by molar-refractivity contribution is 0.104. The SMILES string of the molecule is CCOC(=O)Oc1sc2ccccc2c1OCc1ccccc1. The zero-order valence-electron chi connectivity index (χ0n) is 12.7. The molecule has 0 saturated carbocycles. The van der Waals surface area contributed by atoms with Crippen LogP contribution >= 0.6 is 11.3 Å². The molecule has 0 aliphatic rings. The number of thiophene rings is 1. The molecule has 0 spiro atoms. The average molecular weight is 328 g/mol. The zero-order valence-corrected chi connectivity index (χ0v) is 13.5. The minimum Gasteiger partial charge on any atom is -0.483 e. The lowest BCUT2D eigenvalue weighted by Crippen LogP contribution is -2.10. The van der Waals surface area contributed by atoms with Gasteiger partial charge in [-0.1, -0.05) is 53.8 Å². The summed E-state index contributed by atoms with van der Waals surface area (Å²) in [5.74, 6) is 0.572. The van der Waals surface area contributed by atoms with E-state index in [2.05, 4.69) is 0 Å². The number of carbonyl (C=O) groups excluding carboxylic acids is 1. The van der Waals surface area contributed by atoms with Crippen molar-refractivity contribution >= 4 is 27.6 Å². The number of rotatable bonds is 5. The Morgan fingerprint density at radius 1 is 1.04 bits per heavy atom. The summed E-state index contributed by atoms with van der Waals surface area (Å²) in [4.78, 5) is 11.6. The van der Waals surface area contributed by atoms with Crippen LogP contribution < -0.4 is 9.47 Å². The molecular weight excluding hydrogens is 312 g/mol. The molecule has 3 rings (SSSR count). The number of hydrogen-bond acceptors (Lipinski definition) is 5. The molecule has 118 valence electrons. The summed E-state index contributed by atoms with van der Waals surface area (Å²) in [7, 11) is 0. The molecule has 0 radical (unpaired) electrons. The number of carbonyl (C=O) groups is 1. The van der Waals surface area contributed by atoms with Crippen molar-refractivity contribution in [1.29, 1.82) is 0 Å². The number of ether oxygens (including phenoxy) is 3. The summed E-state index contributed by atoms with van der Waals surface area (Å²) in [6.45, 7) is 2.41. The molecule has 23 heavy (non-hydrogen) atoms. The molecule has 1 aromatic heterocycles. The van der Waals surface area contributed by atoms with E-state index in [1.54, 1.807) is 6.92 Å². The Bertz CT molecular complexity index is 795. The third kappa shape index (κ3) is 3.63. The van der Waals surface area contributed by atoms with Crippen molar-refractivity contribution in [2.75, 3.05) is 6.61 Å². The average Bonchev–Trinajstić information content (AvgIpc) is 2.91. The summed E-state index contributed by atoms with van der Waals surface area (Å²) in [6.07, 6.45) is -0.719.